The second-order valence-corrected chi connectivity index (χ2v) is 6.01. The van der Waals surface area contributed by atoms with E-state index in [1.807, 2.05) is 0 Å². The maximum atomic E-state index is 11.6. The van der Waals surface area contributed by atoms with Crippen LogP contribution in [0.2, 0.25) is 10.2 Å². The molecule has 6 nitrogen and oxygen atoms in total. The molecule has 1 amide bonds. The van der Waals surface area contributed by atoms with Crippen molar-refractivity contribution in [1.29, 1.82) is 0 Å². The number of hydrogen-bond donors (Lipinski definition) is 2. The predicted octanol–water partition coefficient (Wildman–Crippen LogP) is 0.667. The Morgan fingerprint density at radius 2 is 2.00 bits per heavy atom. The van der Waals surface area contributed by atoms with Gasteiger partial charge in [0.05, 0.1) is 11.3 Å². The maximum Gasteiger partial charge on any atom is 0.271 e. The molecule has 1 aromatic rings. The minimum atomic E-state index is -3.27. The van der Waals surface area contributed by atoms with Crippen LogP contribution in [0.4, 0.5) is 0 Å². The van der Waals surface area contributed by atoms with Crippen LogP contribution in [0.15, 0.2) is 12.1 Å². The number of sulfonamides is 1. The zero-order valence-corrected chi connectivity index (χ0v) is 11.7. The monoisotopic (exact) mass is 311 g/mol. The molecule has 1 aromatic heterocycles. The molecule has 0 bridgehead atoms. The van der Waals surface area contributed by atoms with Crippen molar-refractivity contribution in [2.45, 2.75) is 0 Å². The SMILES string of the molecule is CS(=O)(=O)NCCNC(=O)c1nc(Cl)ccc1Cl. The van der Waals surface area contributed by atoms with Crippen LogP contribution >= 0.6 is 23.2 Å². The lowest BCUT2D eigenvalue weighted by atomic mass is 10.3. The van der Waals surface area contributed by atoms with E-state index in [1.165, 1.54) is 12.1 Å². The summed E-state index contributed by atoms with van der Waals surface area (Å²) in [6.07, 6.45) is 1.03. The van der Waals surface area contributed by atoms with Crippen LogP contribution in [0.5, 0.6) is 0 Å². The first-order valence-electron chi connectivity index (χ1n) is 4.84. The molecule has 0 aliphatic heterocycles. The summed E-state index contributed by atoms with van der Waals surface area (Å²) in [6.45, 7) is 0.208. The van der Waals surface area contributed by atoms with Crippen molar-refractivity contribution in [3.63, 3.8) is 0 Å². The number of rotatable bonds is 5. The van der Waals surface area contributed by atoms with Gasteiger partial charge in [-0.3, -0.25) is 4.79 Å². The highest BCUT2D eigenvalue weighted by Crippen LogP contribution is 2.16. The Labute approximate surface area is 115 Å². The topological polar surface area (TPSA) is 88.2 Å². The molecule has 0 aliphatic rings. The van der Waals surface area contributed by atoms with Crippen LogP contribution in [-0.4, -0.2) is 38.7 Å². The predicted molar refractivity (Wildman–Crippen MR) is 69.4 cm³/mol. The van der Waals surface area contributed by atoms with Gasteiger partial charge in [-0.1, -0.05) is 23.2 Å². The van der Waals surface area contributed by atoms with Crippen molar-refractivity contribution in [3.8, 4) is 0 Å². The Balaban J connectivity index is 2.53. The van der Waals surface area contributed by atoms with Crippen molar-refractivity contribution in [3.05, 3.63) is 28.0 Å². The Bertz CT molecular complexity index is 548. The highest BCUT2D eigenvalue weighted by Gasteiger charge is 2.12. The number of aromatic nitrogens is 1. The molecule has 100 valence electrons. The summed E-state index contributed by atoms with van der Waals surface area (Å²) in [6, 6.07) is 2.92. The third kappa shape index (κ3) is 5.18. The smallest absolute Gasteiger partial charge is 0.271 e. The Kier molecular flexibility index (Phi) is 5.33. The molecule has 0 fully saturated rings. The fourth-order valence-electron chi connectivity index (χ4n) is 1.07. The minimum absolute atomic E-state index is 0.00326. The molecule has 0 spiro atoms. The first-order valence-corrected chi connectivity index (χ1v) is 7.49. The van der Waals surface area contributed by atoms with Gasteiger partial charge in [-0.05, 0) is 12.1 Å². The van der Waals surface area contributed by atoms with E-state index in [9.17, 15) is 13.2 Å². The van der Waals surface area contributed by atoms with Crippen LogP contribution in [0.1, 0.15) is 10.5 Å². The molecule has 1 heterocycles. The molecule has 0 radical (unpaired) electrons. The van der Waals surface area contributed by atoms with E-state index in [0.29, 0.717) is 0 Å². The Morgan fingerprint density at radius 1 is 1.33 bits per heavy atom. The van der Waals surface area contributed by atoms with Crippen molar-refractivity contribution in [2.75, 3.05) is 19.3 Å². The number of nitrogens with one attached hydrogen (secondary N) is 2. The number of nitrogens with zero attached hydrogens (tertiary/aromatic N) is 1. The normalized spacial score (nSPS) is 11.3. The van der Waals surface area contributed by atoms with Crippen LogP contribution in [0.25, 0.3) is 0 Å². The van der Waals surface area contributed by atoms with Crippen LogP contribution in [0, 0.1) is 0 Å². The molecule has 0 saturated carbocycles. The average molecular weight is 312 g/mol. The number of carbonyl (C=O) groups is 1. The number of hydrogen-bond acceptors (Lipinski definition) is 4. The van der Waals surface area contributed by atoms with Gasteiger partial charge in [0.25, 0.3) is 5.91 Å². The molecule has 0 saturated heterocycles. The second-order valence-electron chi connectivity index (χ2n) is 3.39. The van der Waals surface area contributed by atoms with E-state index in [4.69, 9.17) is 23.2 Å². The lowest BCUT2D eigenvalue weighted by Crippen LogP contribution is -2.34. The van der Waals surface area contributed by atoms with Crippen LogP contribution in [-0.2, 0) is 10.0 Å². The third-order valence-corrected chi connectivity index (χ3v) is 3.05. The van der Waals surface area contributed by atoms with E-state index in [-0.39, 0.29) is 29.0 Å². The van der Waals surface area contributed by atoms with Crippen molar-refractivity contribution < 1.29 is 13.2 Å². The summed E-state index contributed by atoms with van der Waals surface area (Å²) in [5.41, 5.74) is 0.00326. The summed E-state index contributed by atoms with van der Waals surface area (Å²) in [5.74, 6) is -0.516. The number of amides is 1. The first kappa shape index (κ1) is 15.2. The van der Waals surface area contributed by atoms with Gasteiger partial charge in [0.2, 0.25) is 10.0 Å². The zero-order valence-electron chi connectivity index (χ0n) is 9.41. The van der Waals surface area contributed by atoms with Crippen LogP contribution in [0.3, 0.4) is 0 Å². The lowest BCUT2D eigenvalue weighted by molar-refractivity contribution is 0.0949. The van der Waals surface area contributed by atoms with E-state index >= 15 is 0 Å². The molecular weight excluding hydrogens is 301 g/mol. The van der Waals surface area contributed by atoms with Gasteiger partial charge in [-0.25, -0.2) is 18.1 Å². The fraction of sp³-hybridized carbons (Fsp3) is 0.333. The van der Waals surface area contributed by atoms with Crippen molar-refractivity contribution >= 4 is 39.1 Å². The molecule has 2 N–H and O–H groups in total. The highest BCUT2D eigenvalue weighted by molar-refractivity contribution is 7.88. The molecule has 1 rings (SSSR count). The van der Waals surface area contributed by atoms with Gasteiger partial charge >= 0.3 is 0 Å². The Morgan fingerprint density at radius 3 is 2.61 bits per heavy atom. The summed E-state index contributed by atoms with van der Waals surface area (Å²) in [7, 11) is -3.27. The molecule has 0 unspecified atom stereocenters. The molecule has 0 aromatic carbocycles. The van der Waals surface area contributed by atoms with E-state index in [0.717, 1.165) is 6.26 Å². The number of pyridine rings is 1. The van der Waals surface area contributed by atoms with Gasteiger partial charge in [-0.2, -0.15) is 0 Å². The number of carbonyl (C=O) groups excluding carboxylic acids is 1. The quantitative estimate of drug-likeness (QED) is 0.618. The largest absolute Gasteiger partial charge is 0.349 e. The van der Waals surface area contributed by atoms with Gasteiger partial charge < -0.3 is 5.32 Å². The van der Waals surface area contributed by atoms with Crippen molar-refractivity contribution in [1.82, 2.24) is 15.0 Å². The van der Waals surface area contributed by atoms with Gasteiger partial charge in [0, 0.05) is 13.1 Å². The summed E-state index contributed by atoms with van der Waals surface area (Å²) in [5, 5.41) is 2.79. The molecular formula is C9H11Cl2N3O3S. The van der Waals surface area contributed by atoms with Gasteiger partial charge in [0.15, 0.2) is 0 Å². The summed E-state index contributed by atoms with van der Waals surface area (Å²) < 4.78 is 23.8. The van der Waals surface area contributed by atoms with E-state index in [1.54, 1.807) is 0 Å². The third-order valence-electron chi connectivity index (χ3n) is 1.80. The minimum Gasteiger partial charge on any atom is -0.349 e. The average Bonchev–Trinajstić information content (AvgIpc) is 2.26. The zero-order chi connectivity index (χ0) is 13.8. The van der Waals surface area contributed by atoms with Crippen LogP contribution < -0.4 is 10.0 Å². The Hall–Kier alpha value is -0.890. The highest BCUT2D eigenvalue weighted by atomic mass is 35.5. The summed E-state index contributed by atoms with van der Waals surface area (Å²) >= 11 is 11.4. The first-order chi connectivity index (χ1) is 8.29. The second kappa shape index (κ2) is 6.33. The van der Waals surface area contributed by atoms with Gasteiger partial charge in [0.1, 0.15) is 10.8 Å². The molecule has 0 aliphatic carbocycles. The van der Waals surface area contributed by atoms with E-state index < -0.39 is 15.9 Å². The molecule has 18 heavy (non-hydrogen) atoms. The van der Waals surface area contributed by atoms with Gasteiger partial charge in [-0.15, -0.1) is 0 Å². The fourth-order valence-corrected chi connectivity index (χ4v) is 1.89. The molecule has 9 heteroatoms. The molecule has 0 atom stereocenters. The maximum absolute atomic E-state index is 11.6. The standard InChI is InChI=1S/C9H11Cl2N3O3S/c1-18(16,17)13-5-4-12-9(15)8-6(10)2-3-7(11)14-8/h2-3,13H,4-5H2,1H3,(H,12,15). The summed E-state index contributed by atoms with van der Waals surface area (Å²) in [4.78, 5) is 15.4. The number of halogens is 2. The lowest BCUT2D eigenvalue weighted by Gasteiger charge is -2.06. The van der Waals surface area contributed by atoms with E-state index in [2.05, 4.69) is 15.0 Å². The van der Waals surface area contributed by atoms with Crippen molar-refractivity contribution in [2.24, 2.45) is 0 Å².